The fourth-order valence-electron chi connectivity index (χ4n) is 4.36. The molecule has 3 aliphatic heterocycles. The van der Waals surface area contributed by atoms with Crippen molar-refractivity contribution in [1.82, 2.24) is 19.9 Å². The summed E-state index contributed by atoms with van der Waals surface area (Å²) in [4.78, 5) is 18.8. The van der Waals surface area contributed by atoms with Crippen LogP contribution in [0.1, 0.15) is 36.8 Å². The molecule has 1 atom stereocenters. The summed E-state index contributed by atoms with van der Waals surface area (Å²) >= 11 is 1.24. The first kappa shape index (κ1) is 17.1. The van der Waals surface area contributed by atoms with E-state index in [-0.39, 0.29) is 6.03 Å². The van der Waals surface area contributed by atoms with Crippen molar-refractivity contribution in [3.63, 3.8) is 0 Å². The molecule has 0 saturated carbocycles. The standard InChI is InChI=1S/C18H26N4O2S/c23-17(20-11-18(24)12-22-7-5-15(18)6-8-22)21-25-16-9-13-3-1-2-4-14(13)10-19-16/h9-10,15,24H,1-8,11-12H2,(H2,20,21,23)/t18-/m0/s1. The van der Waals surface area contributed by atoms with Gasteiger partial charge in [0.25, 0.3) is 0 Å². The van der Waals surface area contributed by atoms with Crippen LogP contribution in [0.25, 0.3) is 0 Å². The van der Waals surface area contributed by atoms with Gasteiger partial charge < -0.3 is 15.3 Å². The Balaban J connectivity index is 1.27. The molecule has 3 fully saturated rings. The first-order valence-electron chi connectivity index (χ1n) is 9.26. The quantitative estimate of drug-likeness (QED) is 0.711. The summed E-state index contributed by atoms with van der Waals surface area (Å²) in [6.45, 7) is 3.10. The van der Waals surface area contributed by atoms with E-state index in [9.17, 15) is 9.90 Å². The summed E-state index contributed by atoms with van der Waals surface area (Å²) in [5.74, 6) is 0.299. The van der Waals surface area contributed by atoms with E-state index in [1.165, 1.54) is 35.9 Å². The van der Waals surface area contributed by atoms with E-state index in [0.29, 0.717) is 19.0 Å². The van der Waals surface area contributed by atoms with Gasteiger partial charge in [-0.3, -0.25) is 4.72 Å². The van der Waals surface area contributed by atoms with Crippen molar-refractivity contribution < 1.29 is 9.90 Å². The topological polar surface area (TPSA) is 77.5 Å². The molecule has 6 nitrogen and oxygen atoms in total. The number of pyridine rings is 1. The van der Waals surface area contributed by atoms with Gasteiger partial charge in [0.2, 0.25) is 0 Å². The fraction of sp³-hybridized carbons (Fsp3) is 0.667. The normalized spacial score (nSPS) is 30.6. The molecule has 1 aliphatic carbocycles. The highest BCUT2D eigenvalue weighted by Gasteiger charge is 2.45. The summed E-state index contributed by atoms with van der Waals surface area (Å²) in [5.41, 5.74) is 1.90. The molecule has 2 amide bonds. The molecular formula is C18H26N4O2S. The molecule has 4 heterocycles. The summed E-state index contributed by atoms with van der Waals surface area (Å²) < 4.78 is 2.79. The highest BCUT2D eigenvalue weighted by molar-refractivity contribution is 7.97. The Morgan fingerprint density at radius 3 is 2.80 bits per heavy atom. The number of amides is 2. The lowest BCUT2D eigenvalue weighted by Gasteiger charge is -2.50. The van der Waals surface area contributed by atoms with Crippen LogP contribution in [0.5, 0.6) is 0 Å². The van der Waals surface area contributed by atoms with Gasteiger partial charge in [-0.1, -0.05) is 0 Å². The molecule has 3 saturated heterocycles. The number of aromatic nitrogens is 1. The minimum atomic E-state index is -0.789. The number of carbonyl (C=O) groups excluding carboxylic acids is 1. The second-order valence-corrected chi connectivity index (χ2v) is 8.37. The third-order valence-electron chi connectivity index (χ3n) is 5.85. The third kappa shape index (κ3) is 3.78. The molecule has 5 rings (SSSR count). The SMILES string of the molecule is O=C(NC[C@]1(O)CN2CCC1CC2)NSc1cc2c(cn1)CCCC2. The number of piperidine rings is 3. The lowest BCUT2D eigenvalue weighted by Crippen LogP contribution is -2.63. The Bertz CT molecular complexity index is 648. The summed E-state index contributed by atoms with van der Waals surface area (Å²) in [7, 11) is 0. The number of carbonyl (C=O) groups is 1. The van der Waals surface area contributed by atoms with Crippen molar-refractivity contribution in [2.75, 3.05) is 26.2 Å². The van der Waals surface area contributed by atoms with Crippen molar-refractivity contribution in [1.29, 1.82) is 0 Å². The monoisotopic (exact) mass is 362 g/mol. The smallest absolute Gasteiger partial charge is 0.325 e. The van der Waals surface area contributed by atoms with Crippen LogP contribution in [0.15, 0.2) is 17.3 Å². The van der Waals surface area contributed by atoms with Crippen molar-refractivity contribution >= 4 is 18.0 Å². The van der Waals surface area contributed by atoms with E-state index in [0.717, 1.165) is 43.8 Å². The van der Waals surface area contributed by atoms with E-state index in [1.807, 2.05) is 6.20 Å². The maximum absolute atomic E-state index is 12.1. The molecule has 2 bridgehead atoms. The lowest BCUT2D eigenvalue weighted by atomic mass is 9.75. The fourth-order valence-corrected chi connectivity index (χ4v) is 4.94. The van der Waals surface area contributed by atoms with Gasteiger partial charge >= 0.3 is 6.03 Å². The maximum atomic E-state index is 12.1. The molecule has 25 heavy (non-hydrogen) atoms. The third-order valence-corrected chi connectivity index (χ3v) is 6.57. The number of hydrogen-bond donors (Lipinski definition) is 3. The molecule has 1 aromatic rings. The summed E-state index contributed by atoms with van der Waals surface area (Å²) in [6, 6.07) is 1.81. The Labute approximate surface area is 152 Å². The molecule has 7 heteroatoms. The first-order valence-corrected chi connectivity index (χ1v) is 10.1. The predicted octanol–water partition coefficient (Wildman–Crippen LogP) is 1.72. The van der Waals surface area contributed by atoms with Crippen LogP contribution in [0.3, 0.4) is 0 Å². The van der Waals surface area contributed by atoms with Crippen molar-refractivity contribution in [3.05, 3.63) is 23.4 Å². The number of aryl methyl sites for hydroxylation is 2. The molecule has 3 N–H and O–H groups in total. The van der Waals surface area contributed by atoms with E-state index >= 15 is 0 Å². The van der Waals surface area contributed by atoms with Crippen LogP contribution in [-0.2, 0) is 12.8 Å². The average molecular weight is 362 g/mol. The first-order chi connectivity index (χ1) is 12.1. The van der Waals surface area contributed by atoms with Crippen LogP contribution >= 0.6 is 11.9 Å². The molecule has 136 valence electrons. The number of fused-ring (bicyclic) bond motifs is 4. The molecule has 0 unspecified atom stereocenters. The summed E-state index contributed by atoms with van der Waals surface area (Å²) in [5, 5.41) is 14.5. The van der Waals surface area contributed by atoms with Crippen LogP contribution in [-0.4, -0.2) is 52.8 Å². The van der Waals surface area contributed by atoms with Gasteiger partial charge in [-0.05, 0) is 74.7 Å². The molecule has 1 aromatic heterocycles. The number of nitrogens with zero attached hydrogens (tertiary/aromatic N) is 2. The maximum Gasteiger partial charge on any atom is 0.325 e. The minimum Gasteiger partial charge on any atom is -0.386 e. The van der Waals surface area contributed by atoms with E-state index in [1.54, 1.807) is 0 Å². The van der Waals surface area contributed by atoms with Gasteiger partial charge in [0.1, 0.15) is 5.03 Å². The second kappa shape index (κ2) is 7.13. The zero-order valence-corrected chi connectivity index (χ0v) is 15.3. The van der Waals surface area contributed by atoms with Crippen molar-refractivity contribution in [2.45, 2.75) is 49.2 Å². The van der Waals surface area contributed by atoms with Gasteiger partial charge in [-0.15, -0.1) is 0 Å². The zero-order chi connectivity index (χ0) is 17.3. The van der Waals surface area contributed by atoms with E-state index in [2.05, 4.69) is 26.0 Å². The number of nitrogens with one attached hydrogen (secondary N) is 2. The van der Waals surface area contributed by atoms with Gasteiger partial charge in [0.15, 0.2) is 0 Å². The Morgan fingerprint density at radius 1 is 1.32 bits per heavy atom. The number of hydrogen-bond acceptors (Lipinski definition) is 5. The highest BCUT2D eigenvalue weighted by atomic mass is 32.2. The zero-order valence-electron chi connectivity index (χ0n) is 14.5. The Hall–Kier alpha value is -1.31. The predicted molar refractivity (Wildman–Crippen MR) is 97.4 cm³/mol. The lowest BCUT2D eigenvalue weighted by molar-refractivity contribution is -0.107. The van der Waals surface area contributed by atoms with Crippen LogP contribution in [0.2, 0.25) is 0 Å². The van der Waals surface area contributed by atoms with Gasteiger partial charge in [0.05, 0.1) is 5.60 Å². The molecule has 4 aliphatic rings. The Morgan fingerprint density at radius 2 is 2.08 bits per heavy atom. The Kier molecular flexibility index (Phi) is 4.88. The van der Waals surface area contributed by atoms with Crippen LogP contribution in [0, 0.1) is 5.92 Å². The van der Waals surface area contributed by atoms with Crippen molar-refractivity contribution in [2.24, 2.45) is 5.92 Å². The van der Waals surface area contributed by atoms with Gasteiger partial charge in [-0.25, -0.2) is 9.78 Å². The second-order valence-electron chi connectivity index (χ2n) is 7.54. The number of urea groups is 1. The molecule has 0 aromatic carbocycles. The van der Waals surface area contributed by atoms with E-state index in [4.69, 9.17) is 0 Å². The largest absolute Gasteiger partial charge is 0.386 e. The van der Waals surface area contributed by atoms with Gasteiger partial charge in [0, 0.05) is 31.2 Å². The summed E-state index contributed by atoms with van der Waals surface area (Å²) in [6.07, 6.45) is 8.66. The van der Waals surface area contributed by atoms with Crippen molar-refractivity contribution in [3.8, 4) is 0 Å². The van der Waals surface area contributed by atoms with Crippen LogP contribution < -0.4 is 10.0 Å². The molecule has 0 radical (unpaired) electrons. The van der Waals surface area contributed by atoms with Crippen LogP contribution in [0.4, 0.5) is 4.79 Å². The molecule has 0 spiro atoms. The highest BCUT2D eigenvalue weighted by Crippen LogP contribution is 2.35. The average Bonchev–Trinajstić information content (AvgIpc) is 2.65. The minimum absolute atomic E-state index is 0.269. The number of rotatable bonds is 4. The number of aliphatic hydroxyl groups is 1. The molecular weight excluding hydrogens is 336 g/mol. The van der Waals surface area contributed by atoms with Gasteiger partial charge in [-0.2, -0.15) is 0 Å². The van der Waals surface area contributed by atoms with E-state index < -0.39 is 5.60 Å².